The predicted molar refractivity (Wildman–Crippen MR) is 123 cm³/mol. The molecule has 3 N–H and O–H groups in total. The second kappa shape index (κ2) is 8.78. The Morgan fingerprint density at radius 3 is 1.77 bits per heavy atom. The molecule has 4 rings (SSSR count). The van der Waals surface area contributed by atoms with E-state index in [-0.39, 0.29) is 0 Å². The van der Waals surface area contributed by atoms with Crippen LogP contribution in [0.3, 0.4) is 0 Å². The summed E-state index contributed by atoms with van der Waals surface area (Å²) in [5, 5.41) is 9.88. The van der Waals surface area contributed by atoms with Crippen molar-refractivity contribution in [1.82, 2.24) is 15.0 Å². The zero-order valence-corrected chi connectivity index (χ0v) is 17.5. The van der Waals surface area contributed by atoms with Gasteiger partial charge in [0.1, 0.15) is 0 Å². The lowest BCUT2D eigenvalue weighted by molar-refractivity contribution is 0.731. The van der Waals surface area contributed by atoms with Crippen LogP contribution < -0.4 is 16.0 Å². The van der Waals surface area contributed by atoms with Gasteiger partial charge in [-0.1, -0.05) is 43.3 Å². The molecule has 1 aliphatic carbocycles. The number of hydrogen-bond acceptors (Lipinski definition) is 6. The van der Waals surface area contributed by atoms with Crippen LogP contribution in [0.5, 0.6) is 0 Å². The molecule has 3 aromatic rings. The molecular formula is C24H26N6. The van der Waals surface area contributed by atoms with Crippen LogP contribution in [0.1, 0.15) is 24.5 Å². The van der Waals surface area contributed by atoms with Gasteiger partial charge < -0.3 is 16.0 Å². The van der Waals surface area contributed by atoms with Gasteiger partial charge in [0.15, 0.2) is 0 Å². The van der Waals surface area contributed by atoms with Gasteiger partial charge >= 0.3 is 0 Å². The molecule has 30 heavy (non-hydrogen) atoms. The molecule has 0 saturated carbocycles. The van der Waals surface area contributed by atoms with Gasteiger partial charge in [-0.2, -0.15) is 15.0 Å². The van der Waals surface area contributed by atoms with E-state index in [2.05, 4.69) is 94.2 Å². The van der Waals surface area contributed by atoms with Crippen molar-refractivity contribution < 1.29 is 0 Å². The lowest BCUT2D eigenvalue weighted by atomic mass is 10.0. The quantitative estimate of drug-likeness (QED) is 0.482. The van der Waals surface area contributed by atoms with E-state index >= 15 is 0 Å². The fourth-order valence-electron chi connectivity index (χ4n) is 3.20. The van der Waals surface area contributed by atoms with Crippen LogP contribution in [0.25, 0.3) is 0 Å². The second-order valence-electron chi connectivity index (χ2n) is 7.65. The van der Waals surface area contributed by atoms with Crippen molar-refractivity contribution in [3.63, 3.8) is 0 Å². The average Bonchev–Trinajstić information content (AvgIpc) is 2.70. The van der Waals surface area contributed by atoms with Crippen molar-refractivity contribution >= 4 is 29.2 Å². The normalized spacial score (nSPS) is 15.4. The molecule has 6 nitrogen and oxygen atoms in total. The number of nitrogens with one attached hydrogen (secondary N) is 3. The highest BCUT2D eigenvalue weighted by atomic mass is 15.3. The van der Waals surface area contributed by atoms with Crippen LogP contribution in [0.2, 0.25) is 0 Å². The van der Waals surface area contributed by atoms with Crippen LogP contribution in [-0.2, 0) is 0 Å². The summed E-state index contributed by atoms with van der Waals surface area (Å²) < 4.78 is 0. The minimum absolute atomic E-state index is 0.474. The van der Waals surface area contributed by atoms with Gasteiger partial charge in [0.2, 0.25) is 17.8 Å². The smallest absolute Gasteiger partial charge is 0.233 e. The monoisotopic (exact) mass is 398 g/mol. The zero-order valence-electron chi connectivity index (χ0n) is 17.5. The SMILES string of the molecule is Cc1cccc(Nc2nc(NC3=CC[C@H](C)C=C3)nc(Nc3cccc(C)c3)n2)c1. The number of anilines is 5. The van der Waals surface area contributed by atoms with Gasteiger partial charge in [0.05, 0.1) is 0 Å². The summed E-state index contributed by atoms with van der Waals surface area (Å²) >= 11 is 0. The summed E-state index contributed by atoms with van der Waals surface area (Å²) in [4.78, 5) is 13.7. The number of allylic oxidation sites excluding steroid dienone is 3. The molecule has 1 heterocycles. The molecule has 1 aromatic heterocycles. The summed E-state index contributed by atoms with van der Waals surface area (Å²) in [5.41, 5.74) is 5.18. The second-order valence-corrected chi connectivity index (χ2v) is 7.65. The molecular weight excluding hydrogens is 372 g/mol. The maximum Gasteiger partial charge on any atom is 0.233 e. The number of benzene rings is 2. The number of rotatable bonds is 6. The Kier molecular flexibility index (Phi) is 5.75. The lowest BCUT2D eigenvalue weighted by Gasteiger charge is -2.15. The zero-order chi connectivity index (χ0) is 20.9. The third kappa shape index (κ3) is 5.23. The minimum Gasteiger partial charge on any atom is -0.324 e. The van der Waals surface area contributed by atoms with E-state index in [0.29, 0.717) is 23.8 Å². The van der Waals surface area contributed by atoms with E-state index in [1.165, 1.54) is 0 Å². The summed E-state index contributed by atoms with van der Waals surface area (Å²) in [5.74, 6) is 1.98. The minimum atomic E-state index is 0.474. The number of aromatic nitrogens is 3. The standard InChI is InChI=1S/C24H26N6/c1-16-10-12-19(13-11-16)25-22-28-23(26-20-8-4-6-17(2)14-20)30-24(29-22)27-21-9-5-7-18(3)15-21/h4-10,12-16H,11H2,1-3H3,(H3,25,26,27,28,29,30)/t16-/m1/s1. The Balaban J connectivity index is 1.63. The molecule has 152 valence electrons. The average molecular weight is 399 g/mol. The summed E-state index contributed by atoms with van der Waals surface area (Å²) in [7, 11) is 0. The Labute approximate surface area is 177 Å². The van der Waals surface area contributed by atoms with Gasteiger partial charge in [0, 0.05) is 17.1 Å². The third-order valence-electron chi connectivity index (χ3n) is 4.75. The Morgan fingerprint density at radius 1 is 0.767 bits per heavy atom. The van der Waals surface area contributed by atoms with Gasteiger partial charge in [-0.15, -0.1) is 0 Å². The molecule has 1 aliphatic rings. The first-order valence-corrected chi connectivity index (χ1v) is 10.1. The largest absolute Gasteiger partial charge is 0.324 e. The van der Waals surface area contributed by atoms with E-state index in [9.17, 15) is 0 Å². The van der Waals surface area contributed by atoms with Gasteiger partial charge in [-0.25, -0.2) is 0 Å². The van der Waals surface area contributed by atoms with Gasteiger partial charge in [-0.05, 0) is 67.7 Å². The lowest BCUT2D eigenvalue weighted by Crippen LogP contribution is -2.10. The highest BCUT2D eigenvalue weighted by molar-refractivity contribution is 5.60. The van der Waals surface area contributed by atoms with Crippen molar-refractivity contribution in [2.75, 3.05) is 16.0 Å². The Hall–Kier alpha value is -3.67. The maximum atomic E-state index is 4.57. The van der Waals surface area contributed by atoms with Crippen molar-refractivity contribution in [1.29, 1.82) is 0 Å². The molecule has 0 amide bonds. The summed E-state index contributed by atoms with van der Waals surface area (Å²) in [6.45, 7) is 6.30. The van der Waals surface area contributed by atoms with Gasteiger partial charge in [-0.3, -0.25) is 0 Å². The first-order chi connectivity index (χ1) is 14.5. The number of aryl methyl sites for hydroxylation is 2. The topological polar surface area (TPSA) is 74.8 Å². The third-order valence-corrected chi connectivity index (χ3v) is 4.75. The number of hydrogen-bond donors (Lipinski definition) is 3. The Morgan fingerprint density at radius 2 is 1.30 bits per heavy atom. The molecule has 1 atom stereocenters. The predicted octanol–water partition coefficient (Wildman–Crippen LogP) is 5.87. The molecule has 0 unspecified atom stereocenters. The molecule has 0 bridgehead atoms. The van der Waals surface area contributed by atoms with Crippen molar-refractivity contribution in [3.05, 3.63) is 83.6 Å². The van der Waals surface area contributed by atoms with Crippen LogP contribution >= 0.6 is 0 Å². The first-order valence-electron chi connectivity index (χ1n) is 10.1. The fourth-order valence-corrected chi connectivity index (χ4v) is 3.20. The molecule has 0 fully saturated rings. The molecule has 0 radical (unpaired) electrons. The van der Waals surface area contributed by atoms with Crippen molar-refractivity contribution in [2.45, 2.75) is 27.2 Å². The first kappa shape index (κ1) is 19.6. The van der Waals surface area contributed by atoms with Crippen molar-refractivity contribution in [3.8, 4) is 0 Å². The van der Waals surface area contributed by atoms with E-state index in [0.717, 1.165) is 34.6 Å². The van der Waals surface area contributed by atoms with Crippen LogP contribution in [0.15, 0.2) is 72.5 Å². The van der Waals surface area contributed by atoms with Crippen LogP contribution in [0, 0.1) is 19.8 Å². The molecule has 0 aliphatic heterocycles. The summed E-state index contributed by atoms with van der Waals surface area (Å²) in [6, 6.07) is 16.2. The van der Waals surface area contributed by atoms with Crippen LogP contribution in [0.4, 0.5) is 29.2 Å². The Bertz CT molecular complexity index is 1040. The van der Waals surface area contributed by atoms with E-state index in [1.807, 2.05) is 24.3 Å². The van der Waals surface area contributed by atoms with E-state index < -0.39 is 0 Å². The molecule has 2 aromatic carbocycles. The number of nitrogens with zero attached hydrogens (tertiary/aromatic N) is 3. The van der Waals surface area contributed by atoms with E-state index in [1.54, 1.807) is 0 Å². The van der Waals surface area contributed by atoms with E-state index in [4.69, 9.17) is 0 Å². The highest BCUT2D eigenvalue weighted by Crippen LogP contribution is 2.22. The summed E-state index contributed by atoms with van der Waals surface area (Å²) in [6.07, 6.45) is 7.41. The van der Waals surface area contributed by atoms with Crippen LogP contribution in [-0.4, -0.2) is 15.0 Å². The highest BCUT2D eigenvalue weighted by Gasteiger charge is 2.10. The molecule has 6 heteroatoms. The fraction of sp³-hybridized carbons (Fsp3) is 0.208. The van der Waals surface area contributed by atoms with Crippen molar-refractivity contribution in [2.24, 2.45) is 5.92 Å². The molecule has 0 spiro atoms. The molecule has 0 saturated heterocycles. The maximum absolute atomic E-state index is 4.57. The van der Waals surface area contributed by atoms with Gasteiger partial charge in [0.25, 0.3) is 0 Å².